The molecule has 0 saturated heterocycles. The molecular formula is C22H19IN2O7. The number of carbonyl (C=O) groups is 3. The largest absolute Gasteiger partial charge is 0.493 e. The maximum Gasteiger partial charge on any atom is 0.363 e. The van der Waals surface area contributed by atoms with Crippen LogP contribution in [0.1, 0.15) is 18.1 Å². The van der Waals surface area contributed by atoms with Gasteiger partial charge in [0.2, 0.25) is 11.8 Å². The fraction of sp³-hybridized carbons (Fsp3) is 0.182. The van der Waals surface area contributed by atoms with Crippen molar-refractivity contribution in [3.8, 4) is 11.5 Å². The van der Waals surface area contributed by atoms with Gasteiger partial charge < -0.3 is 24.3 Å². The third kappa shape index (κ3) is 5.63. The normalized spacial score (nSPS) is 13.9. The molecule has 10 heteroatoms. The Bertz CT molecular complexity index is 1120. The minimum absolute atomic E-state index is 0.118. The molecule has 0 unspecified atom stereocenters. The monoisotopic (exact) mass is 550 g/mol. The second kappa shape index (κ2) is 10.3. The summed E-state index contributed by atoms with van der Waals surface area (Å²) in [5.74, 6) is -0.356. The first-order valence-corrected chi connectivity index (χ1v) is 10.4. The van der Waals surface area contributed by atoms with Crippen LogP contribution in [0.5, 0.6) is 11.5 Å². The molecule has 32 heavy (non-hydrogen) atoms. The van der Waals surface area contributed by atoms with Crippen molar-refractivity contribution >= 4 is 58.1 Å². The van der Waals surface area contributed by atoms with Crippen LogP contribution in [0.15, 0.2) is 47.1 Å². The quantitative estimate of drug-likeness (QED) is 0.320. The third-order valence-electron chi connectivity index (χ3n) is 4.19. The van der Waals surface area contributed by atoms with Crippen LogP contribution in [0.4, 0.5) is 5.69 Å². The Morgan fingerprint density at radius 1 is 1.19 bits per heavy atom. The molecule has 9 nitrogen and oxygen atoms in total. The van der Waals surface area contributed by atoms with Gasteiger partial charge >= 0.3 is 11.9 Å². The van der Waals surface area contributed by atoms with E-state index in [1.807, 2.05) is 22.6 Å². The van der Waals surface area contributed by atoms with Crippen molar-refractivity contribution < 1.29 is 33.3 Å². The maximum absolute atomic E-state index is 12.3. The average Bonchev–Trinajstić information content (AvgIpc) is 3.12. The van der Waals surface area contributed by atoms with Crippen LogP contribution >= 0.6 is 22.6 Å². The fourth-order valence-corrected chi connectivity index (χ4v) is 3.52. The lowest BCUT2D eigenvalue weighted by molar-refractivity contribution is -0.143. The van der Waals surface area contributed by atoms with Crippen molar-refractivity contribution in [2.45, 2.75) is 6.92 Å². The van der Waals surface area contributed by atoms with Crippen molar-refractivity contribution in [2.75, 3.05) is 26.1 Å². The molecule has 3 rings (SSSR count). The second-order valence-corrected chi connectivity index (χ2v) is 7.66. The standard InChI is InChI=1S/C22H19IN2O7/c1-12(26)24-15-6-4-14(5-7-15)21-25-17(22(28)32-21)9-13-8-16(23)20(18(10-13)29-2)31-11-19(27)30-3/h4-10H,11H2,1-3H3,(H,24,26)/b17-9-. The van der Waals surface area contributed by atoms with Crippen molar-refractivity contribution in [2.24, 2.45) is 4.99 Å². The molecule has 0 spiro atoms. The number of benzene rings is 2. The summed E-state index contributed by atoms with van der Waals surface area (Å²) in [7, 11) is 2.74. The highest BCUT2D eigenvalue weighted by atomic mass is 127. The number of cyclic esters (lactones) is 1. The number of hydrogen-bond donors (Lipinski definition) is 1. The minimum atomic E-state index is -0.592. The van der Waals surface area contributed by atoms with Gasteiger partial charge in [-0.05, 0) is 70.6 Å². The summed E-state index contributed by atoms with van der Waals surface area (Å²) in [6.07, 6.45) is 1.57. The number of ether oxygens (including phenoxy) is 4. The van der Waals surface area contributed by atoms with E-state index in [9.17, 15) is 14.4 Å². The van der Waals surface area contributed by atoms with Crippen molar-refractivity contribution in [3.05, 3.63) is 56.8 Å². The minimum Gasteiger partial charge on any atom is -0.493 e. The van der Waals surface area contributed by atoms with E-state index in [0.717, 1.165) is 0 Å². The van der Waals surface area contributed by atoms with Gasteiger partial charge in [-0.1, -0.05) is 0 Å². The predicted octanol–water partition coefficient (Wildman–Crippen LogP) is 3.15. The molecule has 0 aliphatic carbocycles. The van der Waals surface area contributed by atoms with E-state index in [2.05, 4.69) is 15.0 Å². The molecule has 0 bridgehead atoms. The van der Waals surface area contributed by atoms with E-state index in [1.54, 1.807) is 42.5 Å². The first-order valence-electron chi connectivity index (χ1n) is 9.28. The van der Waals surface area contributed by atoms with E-state index in [4.69, 9.17) is 14.2 Å². The topological polar surface area (TPSA) is 113 Å². The Kier molecular flexibility index (Phi) is 7.46. The Morgan fingerprint density at radius 2 is 1.91 bits per heavy atom. The summed E-state index contributed by atoms with van der Waals surface area (Å²) < 4.78 is 21.4. The third-order valence-corrected chi connectivity index (χ3v) is 4.99. The number of carbonyl (C=O) groups excluding carboxylic acids is 3. The van der Waals surface area contributed by atoms with Crippen LogP contribution in [0, 0.1) is 3.57 Å². The number of nitrogens with zero attached hydrogens (tertiary/aromatic N) is 1. The smallest absolute Gasteiger partial charge is 0.363 e. The van der Waals surface area contributed by atoms with Crippen LogP contribution in [-0.4, -0.2) is 44.6 Å². The number of nitrogens with one attached hydrogen (secondary N) is 1. The first-order chi connectivity index (χ1) is 15.3. The fourth-order valence-electron chi connectivity index (χ4n) is 2.74. The Morgan fingerprint density at radius 3 is 2.53 bits per heavy atom. The van der Waals surface area contributed by atoms with E-state index in [-0.39, 0.29) is 24.1 Å². The Hall–Kier alpha value is -3.41. The molecule has 0 saturated carbocycles. The van der Waals surface area contributed by atoms with Crippen LogP contribution in [0.25, 0.3) is 6.08 Å². The SMILES string of the molecule is COC(=O)COc1c(I)cc(/C=C2\N=C(c3ccc(NC(C)=O)cc3)OC2=O)cc1OC. The number of hydrogen-bond acceptors (Lipinski definition) is 8. The molecule has 1 aliphatic heterocycles. The maximum atomic E-state index is 12.3. The lowest BCUT2D eigenvalue weighted by Gasteiger charge is -2.12. The summed E-state index contributed by atoms with van der Waals surface area (Å²) in [5, 5.41) is 2.67. The van der Waals surface area contributed by atoms with Gasteiger partial charge in [-0.2, -0.15) is 0 Å². The van der Waals surface area contributed by atoms with Gasteiger partial charge in [-0.25, -0.2) is 14.6 Å². The van der Waals surface area contributed by atoms with E-state index in [0.29, 0.717) is 31.9 Å². The number of methoxy groups -OCH3 is 2. The van der Waals surface area contributed by atoms with Gasteiger partial charge in [0.05, 0.1) is 17.8 Å². The zero-order valence-electron chi connectivity index (χ0n) is 17.4. The highest BCUT2D eigenvalue weighted by molar-refractivity contribution is 14.1. The zero-order valence-corrected chi connectivity index (χ0v) is 19.6. The molecular weight excluding hydrogens is 531 g/mol. The molecule has 1 N–H and O–H groups in total. The Balaban J connectivity index is 1.85. The zero-order chi connectivity index (χ0) is 23.3. The molecule has 0 radical (unpaired) electrons. The molecule has 166 valence electrons. The summed E-state index contributed by atoms with van der Waals surface area (Å²) in [6.45, 7) is 1.16. The second-order valence-electron chi connectivity index (χ2n) is 6.49. The highest BCUT2D eigenvalue weighted by Gasteiger charge is 2.24. The lowest BCUT2D eigenvalue weighted by atomic mass is 10.1. The van der Waals surface area contributed by atoms with Gasteiger partial charge in [-0.15, -0.1) is 0 Å². The summed E-state index contributed by atoms with van der Waals surface area (Å²) in [6, 6.07) is 10.2. The molecule has 1 aliphatic rings. The average molecular weight is 550 g/mol. The lowest BCUT2D eigenvalue weighted by Crippen LogP contribution is -2.13. The Labute approximate surface area is 197 Å². The van der Waals surface area contributed by atoms with E-state index in [1.165, 1.54) is 21.1 Å². The molecule has 1 heterocycles. The number of halogens is 1. The van der Waals surface area contributed by atoms with Crippen LogP contribution in [-0.2, 0) is 23.9 Å². The van der Waals surface area contributed by atoms with Gasteiger partial charge in [0.25, 0.3) is 0 Å². The number of anilines is 1. The number of amides is 1. The molecule has 0 aromatic heterocycles. The summed E-state index contributed by atoms with van der Waals surface area (Å²) in [5.41, 5.74) is 1.97. The van der Waals surface area contributed by atoms with Gasteiger partial charge in [0, 0.05) is 18.2 Å². The molecule has 0 fully saturated rings. The van der Waals surface area contributed by atoms with Crippen molar-refractivity contribution in [3.63, 3.8) is 0 Å². The number of esters is 2. The predicted molar refractivity (Wildman–Crippen MR) is 125 cm³/mol. The molecule has 2 aromatic rings. The van der Waals surface area contributed by atoms with Crippen LogP contribution < -0.4 is 14.8 Å². The van der Waals surface area contributed by atoms with Gasteiger partial charge in [0.15, 0.2) is 23.8 Å². The van der Waals surface area contributed by atoms with Crippen molar-refractivity contribution in [1.82, 2.24) is 0 Å². The first kappa shape index (κ1) is 23.3. The molecule has 2 aromatic carbocycles. The summed E-state index contributed by atoms with van der Waals surface area (Å²) in [4.78, 5) is 39.1. The van der Waals surface area contributed by atoms with Gasteiger partial charge in [-0.3, -0.25) is 4.79 Å². The van der Waals surface area contributed by atoms with Crippen molar-refractivity contribution in [1.29, 1.82) is 0 Å². The number of rotatable bonds is 7. The van der Waals surface area contributed by atoms with Crippen LogP contribution in [0.3, 0.4) is 0 Å². The van der Waals surface area contributed by atoms with E-state index < -0.39 is 11.9 Å². The summed E-state index contributed by atoms with van der Waals surface area (Å²) >= 11 is 2.04. The van der Waals surface area contributed by atoms with Crippen LogP contribution in [0.2, 0.25) is 0 Å². The van der Waals surface area contributed by atoms with E-state index >= 15 is 0 Å². The molecule has 1 amide bonds. The highest BCUT2D eigenvalue weighted by Crippen LogP contribution is 2.35. The van der Waals surface area contributed by atoms with Gasteiger partial charge in [0.1, 0.15) is 0 Å². The molecule has 0 atom stereocenters. The number of aliphatic imine (C=N–C) groups is 1.